The molecule has 0 spiro atoms. The van der Waals surface area contributed by atoms with Gasteiger partial charge in [-0.05, 0) is 12.7 Å². The highest BCUT2D eigenvalue weighted by atomic mass is 32.2. The van der Waals surface area contributed by atoms with E-state index in [-0.39, 0.29) is 4.08 Å². The van der Waals surface area contributed by atoms with E-state index >= 15 is 0 Å². The lowest BCUT2D eigenvalue weighted by Gasteiger charge is -2.19. The summed E-state index contributed by atoms with van der Waals surface area (Å²) < 4.78 is 0.0197. The Balaban J connectivity index is 3.33. The first-order chi connectivity index (χ1) is 4.12. The van der Waals surface area contributed by atoms with Crippen LogP contribution in [0.3, 0.4) is 0 Å². The van der Waals surface area contributed by atoms with Gasteiger partial charge in [-0.2, -0.15) is 37.9 Å². The molecule has 0 aliphatic rings. The second kappa shape index (κ2) is 5.10. The third-order valence-corrected chi connectivity index (χ3v) is 4.14. The molecule has 56 valence electrons. The lowest BCUT2D eigenvalue weighted by Crippen LogP contribution is -2.13. The van der Waals surface area contributed by atoms with Gasteiger partial charge in [0.25, 0.3) is 0 Å². The molecule has 0 bridgehead atoms. The van der Waals surface area contributed by atoms with Crippen molar-refractivity contribution in [3.63, 3.8) is 0 Å². The molecule has 0 saturated heterocycles. The van der Waals surface area contributed by atoms with Crippen molar-refractivity contribution in [2.45, 2.75) is 11.0 Å². The van der Waals surface area contributed by atoms with Gasteiger partial charge in [0.15, 0.2) is 0 Å². The highest BCUT2D eigenvalue weighted by Gasteiger charge is 2.15. The summed E-state index contributed by atoms with van der Waals surface area (Å²) in [6.07, 6.45) is 0. The fourth-order valence-corrected chi connectivity index (χ4v) is 1.76. The van der Waals surface area contributed by atoms with Crippen LogP contribution in [-0.2, 0) is 0 Å². The molecular formula is C5H12S4. The molecule has 0 saturated carbocycles. The summed E-state index contributed by atoms with van der Waals surface area (Å²) >= 11 is 14.4. The third-order valence-electron chi connectivity index (χ3n) is 0.798. The molecule has 0 aromatic rings. The normalized spacial score (nSPS) is 17.3. The fraction of sp³-hybridized carbons (Fsp3) is 1.00. The standard InChI is InChI=1S/C5H12S4/c1-5(8,4-7)9-3-2-6/h6-8H,2-4H2,1H3. The van der Waals surface area contributed by atoms with E-state index in [1.807, 2.05) is 0 Å². The van der Waals surface area contributed by atoms with Crippen molar-refractivity contribution >= 4 is 49.6 Å². The number of thiol groups is 3. The Bertz CT molecular complexity index is 71.4. The first-order valence-corrected chi connectivity index (χ1v) is 5.40. The topological polar surface area (TPSA) is 0 Å². The molecule has 0 amide bonds. The summed E-state index contributed by atoms with van der Waals surface area (Å²) in [5.41, 5.74) is 0. The van der Waals surface area contributed by atoms with Gasteiger partial charge in [0, 0.05) is 11.5 Å². The van der Waals surface area contributed by atoms with Crippen LogP contribution >= 0.6 is 49.6 Å². The number of hydrogen-bond donors (Lipinski definition) is 3. The van der Waals surface area contributed by atoms with Gasteiger partial charge in [-0.1, -0.05) is 0 Å². The zero-order valence-electron chi connectivity index (χ0n) is 5.37. The number of hydrogen-bond acceptors (Lipinski definition) is 4. The monoisotopic (exact) mass is 200 g/mol. The smallest absolute Gasteiger partial charge is 0.0641 e. The maximum Gasteiger partial charge on any atom is 0.0641 e. The number of rotatable bonds is 4. The van der Waals surface area contributed by atoms with Gasteiger partial charge in [0.2, 0.25) is 0 Å². The molecule has 1 unspecified atom stereocenters. The molecule has 0 heterocycles. The van der Waals surface area contributed by atoms with E-state index < -0.39 is 0 Å². The molecule has 1 atom stereocenters. The average molecular weight is 200 g/mol. The molecule has 0 N–H and O–H groups in total. The first-order valence-electron chi connectivity index (χ1n) is 2.70. The maximum atomic E-state index is 4.37. The lowest BCUT2D eigenvalue weighted by atomic mass is 10.5. The van der Waals surface area contributed by atoms with E-state index in [1.54, 1.807) is 11.8 Å². The minimum absolute atomic E-state index is 0.0197. The van der Waals surface area contributed by atoms with Crippen LogP contribution in [-0.4, -0.2) is 21.3 Å². The van der Waals surface area contributed by atoms with Crippen molar-refractivity contribution in [1.29, 1.82) is 0 Å². The Labute approximate surface area is 77.8 Å². The maximum absolute atomic E-state index is 4.37. The third kappa shape index (κ3) is 5.83. The molecule has 4 heteroatoms. The van der Waals surface area contributed by atoms with Crippen LogP contribution in [0, 0.1) is 0 Å². The highest BCUT2D eigenvalue weighted by molar-refractivity contribution is 8.12. The minimum Gasteiger partial charge on any atom is -0.179 e. The quantitative estimate of drug-likeness (QED) is 0.462. The van der Waals surface area contributed by atoms with Crippen LogP contribution in [0.15, 0.2) is 0 Å². The summed E-state index contributed by atoms with van der Waals surface area (Å²) in [4.78, 5) is 0. The molecule has 9 heavy (non-hydrogen) atoms. The Morgan fingerprint density at radius 2 is 2.00 bits per heavy atom. The Hall–Kier alpha value is 1.40. The van der Waals surface area contributed by atoms with Crippen molar-refractivity contribution in [2.75, 3.05) is 17.3 Å². The predicted molar refractivity (Wildman–Crippen MR) is 57.6 cm³/mol. The predicted octanol–water partition coefficient (Wildman–Crippen LogP) is 2.23. The van der Waals surface area contributed by atoms with Crippen molar-refractivity contribution in [3.8, 4) is 0 Å². The van der Waals surface area contributed by atoms with Gasteiger partial charge >= 0.3 is 0 Å². The second-order valence-electron chi connectivity index (χ2n) is 1.91. The lowest BCUT2D eigenvalue weighted by molar-refractivity contribution is 1.06. The fourth-order valence-electron chi connectivity index (χ4n) is 0.311. The highest BCUT2D eigenvalue weighted by Crippen LogP contribution is 2.29. The van der Waals surface area contributed by atoms with Crippen molar-refractivity contribution in [2.24, 2.45) is 0 Å². The number of thioether (sulfide) groups is 1. The van der Waals surface area contributed by atoms with E-state index in [9.17, 15) is 0 Å². The summed E-state index contributed by atoms with van der Waals surface area (Å²) in [5.74, 6) is 2.76. The van der Waals surface area contributed by atoms with Crippen LogP contribution in [0.4, 0.5) is 0 Å². The van der Waals surface area contributed by atoms with Gasteiger partial charge < -0.3 is 0 Å². The molecule has 0 radical (unpaired) electrons. The summed E-state index contributed by atoms with van der Waals surface area (Å²) in [5, 5.41) is 0. The van der Waals surface area contributed by atoms with E-state index in [0.717, 1.165) is 17.3 Å². The Morgan fingerprint density at radius 3 is 2.33 bits per heavy atom. The average Bonchev–Trinajstić information content (AvgIpc) is 1.84. The van der Waals surface area contributed by atoms with Gasteiger partial charge in [0.1, 0.15) is 0 Å². The van der Waals surface area contributed by atoms with E-state index in [2.05, 4.69) is 44.8 Å². The molecule has 0 fully saturated rings. The molecule has 0 aliphatic carbocycles. The minimum atomic E-state index is 0.0197. The van der Waals surface area contributed by atoms with Crippen molar-refractivity contribution in [1.82, 2.24) is 0 Å². The van der Waals surface area contributed by atoms with Gasteiger partial charge in [-0.25, -0.2) is 0 Å². The van der Waals surface area contributed by atoms with E-state index in [4.69, 9.17) is 0 Å². The summed E-state index contributed by atoms with van der Waals surface area (Å²) in [6.45, 7) is 2.07. The molecule has 0 rings (SSSR count). The molecular weight excluding hydrogens is 188 g/mol. The van der Waals surface area contributed by atoms with Crippen LogP contribution < -0.4 is 0 Å². The summed E-state index contributed by atoms with van der Waals surface area (Å²) in [7, 11) is 0. The molecule has 0 aromatic carbocycles. The van der Waals surface area contributed by atoms with Crippen molar-refractivity contribution in [3.05, 3.63) is 0 Å². The SMILES string of the molecule is CC(S)(CS)SCCS. The second-order valence-corrected chi connectivity index (χ2v) is 5.56. The van der Waals surface area contributed by atoms with Gasteiger partial charge in [-0.15, -0.1) is 11.8 Å². The molecule has 0 aromatic heterocycles. The Kier molecular flexibility index (Phi) is 5.90. The Morgan fingerprint density at radius 1 is 1.44 bits per heavy atom. The zero-order chi connectivity index (χ0) is 7.33. The van der Waals surface area contributed by atoms with Crippen LogP contribution in [0.2, 0.25) is 0 Å². The van der Waals surface area contributed by atoms with E-state index in [1.165, 1.54) is 0 Å². The van der Waals surface area contributed by atoms with Crippen LogP contribution in [0.25, 0.3) is 0 Å². The summed E-state index contributed by atoms with van der Waals surface area (Å²) in [6, 6.07) is 0. The molecule has 0 aliphatic heterocycles. The first kappa shape index (κ1) is 10.4. The largest absolute Gasteiger partial charge is 0.179 e. The van der Waals surface area contributed by atoms with Crippen molar-refractivity contribution < 1.29 is 0 Å². The van der Waals surface area contributed by atoms with Crippen LogP contribution in [0.1, 0.15) is 6.92 Å². The van der Waals surface area contributed by atoms with E-state index in [0.29, 0.717) is 0 Å². The van der Waals surface area contributed by atoms with Gasteiger partial charge in [0.05, 0.1) is 4.08 Å². The van der Waals surface area contributed by atoms with Gasteiger partial charge in [-0.3, -0.25) is 0 Å². The van der Waals surface area contributed by atoms with Crippen LogP contribution in [0.5, 0.6) is 0 Å². The zero-order valence-corrected chi connectivity index (χ0v) is 8.87. The molecule has 0 nitrogen and oxygen atoms in total.